The zero-order valence-corrected chi connectivity index (χ0v) is 17.4. The Bertz CT molecular complexity index is 926. The third-order valence-electron chi connectivity index (χ3n) is 6.89. The minimum atomic E-state index is 0.222. The number of pyridine rings is 1. The fourth-order valence-electron chi connectivity index (χ4n) is 5.18. The van der Waals surface area contributed by atoms with Crippen LogP contribution in [0.15, 0.2) is 21.5 Å². The first-order chi connectivity index (χ1) is 14.1. The summed E-state index contributed by atoms with van der Waals surface area (Å²) < 4.78 is 7.56. The molecule has 2 saturated heterocycles. The van der Waals surface area contributed by atoms with Crippen molar-refractivity contribution >= 4 is 0 Å². The average Bonchev–Trinajstić information content (AvgIpc) is 3.22. The molecule has 0 amide bonds. The van der Waals surface area contributed by atoms with Gasteiger partial charge in [0.15, 0.2) is 5.82 Å². The summed E-state index contributed by atoms with van der Waals surface area (Å²) in [5, 5.41) is 7.62. The summed E-state index contributed by atoms with van der Waals surface area (Å²) in [6.07, 6.45) is 3.22. The average molecular weight is 398 g/mol. The van der Waals surface area contributed by atoms with Crippen molar-refractivity contribution in [2.75, 3.05) is 26.2 Å². The van der Waals surface area contributed by atoms with Crippen LogP contribution in [0.1, 0.15) is 73.8 Å². The van der Waals surface area contributed by atoms with Gasteiger partial charge in [-0.1, -0.05) is 25.1 Å². The SMILES string of the molecule is CC(C)c1noc(C2CCN(Cc3ccc4n(c3=O)C[C@@H]3CNC[C@H]4C3)CC2)n1. The third-order valence-corrected chi connectivity index (χ3v) is 6.89. The Hall–Kier alpha value is -1.99. The van der Waals surface area contributed by atoms with E-state index >= 15 is 0 Å². The van der Waals surface area contributed by atoms with Gasteiger partial charge in [-0.05, 0) is 50.9 Å². The number of piperidine rings is 2. The number of fused-ring (bicyclic) bond motifs is 4. The maximum atomic E-state index is 13.2. The van der Waals surface area contributed by atoms with Gasteiger partial charge in [-0.3, -0.25) is 9.69 Å². The normalized spacial score (nSPS) is 25.3. The second-order valence-corrected chi connectivity index (χ2v) is 9.35. The molecule has 0 unspecified atom stereocenters. The highest BCUT2D eigenvalue weighted by Crippen LogP contribution is 2.32. The first-order valence-electron chi connectivity index (χ1n) is 11.1. The quantitative estimate of drug-likeness (QED) is 0.854. The molecule has 29 heavy (non-hydrogen) atoms. The maximum Gasteiger partial charge on any atom is 0.255 e. The fraction of sp³-hybridized carbons (Fsp3) is 0.682. The molecule has 2 aromatic rings. The molecule has 2 fully saturated rings. The Balaban J connectivity index is 1.25. The van der Waals surface area contributed by atoms with Gasteiger partial charge in [-0.25, -0.2) is 0 Å². The predicted molar refractivity (Wildman–Crippen MR) is 110 cm³/mol. The van der Waals surface area contributed by atoms with Crippen LogP contribution in [0, 0.1) is 5.92 Å². The Morgan fingerprint density at radius 1 is 1.21 bits per heavy atom. The highest BCUT2D eigenvalue weighted by atomic mass is 16.5. The molecule has 0 aromatic carbocycles. The van der Waals surface area contributed by atoms with E-state index in [9.17, 15) is 4.79 Å². The van der Waals surface area contributed by atoms with Crippen LogP contribution in [0.2, 0.25) is 0 Å². The number of rotatable bonds is 4. The van der Waals surface area contributed by atoms with E-state index in [4.69, 9.17) is 4.52 Å². The van der Waals surface area contributed by atoms with Gasteiger partial charge in [0.1, 0.15) is 0 Å². The van der Waals surface area contributed by atoms with E-state index in [1.165, 1.54) is 12.1 Å². The standard InChI is InChI=1S/C22H31N5O2/c1-14(2)20-24-21(29-25-20)16-5-7-26(8-6-16)13-17-3-4-19-18-9-15(10-23-11-18)12-27(19)22(17)28/h3-4,14-16,18,23H,5-13H2,1-2H3/t15-,18+/m0/s1. The van der Waals surface area contributed by atoms with Gasteiger partial charge in [0.05, 0.1) is 0 Å². The van der Waals surface area contributed by atoms with Gasteiger partial charge >= 0.3 is 0 Å². The molecule has 3 aliphatic heterocycles. The largest absolute Gasteiger partial charge is 0.339 e. The molecular weight excluding hydrogens is 366 g/mol. The molecule has 0 saturated carbocycles. The van der Waals surface area contributed by atoms with Gasteiger partial charge in [0, 0.05) is 48.6 Å². The van der Waals surface area contributed by atoms with Crippen molar-refractivity contribution in [1.29, 1.82) is 0 Å². The van der Waals surface area contributed by atoms with E-state index in [1.807, 2.05) is 0 Å². The van der Waals surface area contributed by atoms with E-state index in [-0.39, 0.29) is 5.56 Å². The van der Waals surface area contributed by atoms with Gasteiger partial charge in [0.2, 0.25) is 5.89 Å². The minimum Gasteiger partial charge on any atom is -0.339 e. The van der Waals surface area contributed by atoms with Crippen molar-refractivity contribution in [1.82, 2.24) is 24.9 Å². The molecule has 0 spiro atoms. The zero-order chi connectivity index (χ0) is 20.0. The fourth-order valence-corrected chi connectivity index (χ4v) is 5.18. The van der Waals surface area contributed by atoms with Crippen molar-refractivity contribution in [2.24, 2.45) is 5.92 Å². The number of nitrogens with one attached hydrogen (secondary N) is 1. The molecule has 3 aliphatic rings. The van der Waals surface area contributed by atoms with E-state index in [1.54, 1.807) is 0 Å². The predicted octanol–water partition coefficient (Wildman–Crippen LogP) is 2.44. The van der Waals surface area contributed by atoms with Crippen LogP contribution in [-0.2, 0) is 13.1 Å². The number of hydrogen-bond donors (Lipinski definition) is 1. The molecule has 1 N–H and O–H groups in total. The zero-order valence-electron chi connectivity index (χ0n) is 17.4. The molecule has 2 atom stereocenters. The van der Waals surface area contributed by atoms with Crippen molar-refractivity contribution in [2.45, 2.75) is 64.0 Å². The number of nitrogens with zero attached hydrogens (tertiary/aromatic N) is 4. The monoisotopic (exact) mass is 397 g/mol. The topological polar surface area (TPSA) is 76.2 Å². The lowest BCUT2D eigenvalue weighted by Gasteiger charge is -2.38. The second-order valence-electron chi connectivity index (χ2n) is 9.35. The molecular formula is C22H31N5O2. The highest BCUT2D eigenvalue weighted by molar-refractivity contribution is 5.22. The second kappa shape index (κ2) is 7.69. The summed E-state index contributed by atoms with van der Waals surface area (Å²) >= 11 is 0. The summed E-state index contributed by atoms with van der Waals surface area (Å²) in [5.74, 6) is 3.29. The van der Waals surface area contributed by atoms with Crippen molar-refractivity contribution in [3.63, 3.8) is 0 Å². The lowest BCUT2D eigenvalue weighted by Crippen LogP contribution is -2.45. The Morgan fingerprint density at radius 2 is 2.03 bits per heavy atom. The molecule has 156 valence electrons. The van der Waals surface area contributed by atoms with Crippen LogP contribution in [0.3, 0.4) is 0 Å². The first kappa shape index (κ1) is 19.0. The van der Waals surface area contributed by atoms with E-state index in [0.717, 1.165) is 69.4 Å². The van der Waals surface area contributed by atoms with Gasteiger partial charge in [-0.15, -0.1) is 0 Å². The Kier molecular flexibility index (Phi) is 5.04. The molecule has 7 heteroatoms. The molecule has 7 nitrogen and oxygen atoms in total. The first-order valence-corrected chi connectivity index (χ1v) is 11.1. The van der Waals surface area contributed by atoms with Gasteiger partial charge in [-0.2, -0.15) is 4.98 Å². The minimum absolute atomic E-state index is 0.222. The van der Waals surface area contributed by atoms with Crippen LogP contribution < -0.4 is 10.9 Å². The highest BCUT2D eigenvalue weighted by Gasteiger charge is 2.32. The molecule has 2 aromatic heterocycles. The summed E-state index contributed by atoms with van der Waals surface area (Å²) in [4.78, 5) is 20.1. The van der Waals surface area contributed by atoms with Crippen LogP contribution in [0.5, 0.6) is 0 Å². The maximum absolute atomic E-state index is 13.2. The van der Waals surface area contributed by atoms with Crippen LogP contribution in [0.25, 0.3) is 0 Å². The molecule has 5 rings (SSSR count). The molecule has 2 bridgehead atoms. The molecule has 0 radical (unpaired) electrons. The number of likely N-dealkylation sites (tertiary alicyclic amines) is 1. The summed E-state index contributed by atoms with van der Waals surface area (Å²) in [6, 6.07) is 4.27. The van der Waals surface area contributed by atoms with Crippen LogP contribution in [-0.4, -0.2) is 45.8 Å². The molecule has 5 heterocycles. The third kappa shape index (κ3) is 3.66. The van der Waals surface area contributed by atoms with Crippen molar-refractivity contribution in [3.05, 3.63) is 45.5 Å². The summed E-state index contributed by atoms with van der Waals surface area (Å²) in [7, 11) is 0. The lowest BCUT2D eigenvalue weighted by atomic mass is 9.84. The number of hydrogen-bond acceptors (Lipinski definition) is 6. The smallest absolute Gasteiger partial charge is 0.255 e. The summed E-state index contributed by atoms with van der Waals surface area (Å²) in [5.41, 5.74) is 2.37. The van der Waals surface area contributed by atoms with Gasteiger partial charge < -0.3 is 14.4 Å². The summed E-state index contributed by atoms with van der Waals surface area (Å²) in [6.45, 7) is 9.71. The van der Waals surface area contributed by atoms with Crippen LogP contribution in [0.4, 0.5) is 0 Å². The Morgan fingerprint density at radius 3 is 2.79 bits per heavy atom. The van der Waals surface area contributed by atoms with Crippen molar-refractivity contribution < 1.29 is 4.52 Å². The Labute approximate surface area is 171 Å². The van der Waals surface area contributed by atoms with E-state index in [0.29, 0.717) is 23.7 Å². The lowest BCUT2D eigenvalue weighted by molar-refractivity contribution is 0.186. The molecule has 0 aliphatic carbocycles. The van der Waals surface area contributed by atoms with Crippen molar-refractivity contribution in [3.8, 4) is 0 Å². The van der Waals surface area contributed by atoms with E-state index < -0.39 is 0 Å². The van der Waals surface area contributed by atoms with Crippen LogP contribution >= 0.6 is 0 Å². The number of aromatic nitrogens is 3. The van der Waals surface area contributed by atoms with Gasteiger partial charge in [0.25, 0.3) is 5.56 Å². The van der Waals surface area contributed by atoms with E-state index in [2.05, 4.69) is 50.9 Å².